The lowest BCUT2D eigenvalue weighted by Crippen LogP contribution is -2.31. The van der Waals surface area contributed by atoms with E-state index < -0.39 is 6.10 Å². The van der Waals surface area contributed by atoms with Crippen molar-refractivity contribution in [1.29, 1.82) is 0 Å². The summed E-state index contributed by atoms with van der Waals surface area (Å²) < 4.78 is 19.7. The molecule has 0 aliphatic carbocycles. The van der Waals surface area contributed by atoms with Crippen LogP contribution in [-0.2, 0) is 22.4 Å². The smallest absolute Gasteiger partial charge is 0.347 e. The molecule has 0 amide bonds. The van der Waals surface area contributed by atoms with Gasteiger partial charge < -0.3 is 18.8 Å². The van der Waals surface area contributed by atoms with Gasteiger partial charge in [0.2, 0.25) is 0 Å². The van der Waals surface area contributed by atoms with Crippen LogP contribution in [-0.4, -0.2) is 29.9 Å². The molecule has 5 rings (SSSR count). The minimum atomic E-state index is -0.719. The standard InChI is InChI=1S/C38H39NO4/c1-3-41-38(40)37(28-31-15-8-5-9-16-31)43-35-22-18-32(19-23-35)36-26-17-29(2)39(36)33-20-24-34(25-21-33)42-27-11-10-14-30-12-6-4-7-13-30/h4-9,12-13,15-26,37H,3,10-11,14,27-28H2,1-2H3/t37-/m1/s1. The summed E-state index contributed by atoms with van der Waals surface area (Å²) in [5.41, 5.74) is 6.72. The van der Waals surface area contributed by atoms with Crippen LogP contribution in [0, 0.1) is 6.92 Å². The fourth-order valence-corrected chi connectivity index (χ4v) is 5.17. The second-order valence-electron chi connectivity index (χ2n) is 10.6. The molecule has 0 spiro atoms. The molecule has 220 valence electrons. The van der Waals surface area contributed by atoms with Crippen molar-refractivity contribution in [3.8, 4) is 28.4 Å². The van der Waals surface area contributed by atoms with Gasteiger partial charge in [-0.05, 0) is 110 Å². The van der Waals surface area contributed by atoms with E-state index in [9.17, 15) is 4.79 Å². The highest BCUT2D eigenvalue weighted by Crippen LogP contribution is 2.29. The van der Waals surface area contributed by atoms with Gasteiger partial charge in [-0.3, -0.25) is 0 Å². The Morgan fingerprint density at radius 3 is 2.05 bits per heavy atom. The zero-order chi connectivity index (χ0) is 29.9. The summed E-state index contributed by atoms with van der Waals surface area (Å²) in [7, 11) is 0. The lowest BCUT2D eigenvalue weighted by Gasteiger charge is -2.18. The number of hydrogen-bond donors (Lipinski definition) is 0. The summed E-state index contributed by atoms with van der Waals surface area (Å²) in [6.45, 7) is 4.92. The van der Waals surface area contributed by atoms with Crippen molar-refractivity contribution >= 4 is 5.97 Å². The number of hydrogen-bond acceptors (Lipinski definition) is 4. The Kier molecular flexibility index (Phi) is 10.3. The number of rotatable bonds is 14. The van der Waals surface area contributed by atoms with E-state index in [4.69, 9.17) is 14.2 Å². The summed E-state index contributed by atoms with van der Waals surface area (Å²) in [5, 5.41) is 0. The monoisotopic (exact) mass is 573 g/mol. The van der Waals surface area contributed by atoms with Crippen LogP contribution in [0.25, 0.3) is 16.9 Å². The summed E-state index contributed by atoms with van der Waals surface area (Å²) in [5.74, 6) is 1.14. The number of ether oxygens (including phenoxy) is 3. The number of carbonyl (C=O) groups excluding carboxylic acids is 1. The van der Waals surface area contributed by atoms with Crippen LogP contribution >= 0.6 is 0 Å². The van der Waals surface area contributed by atoms with Crippen molar-refractivity contribution in [3.63, 3.8) is 0 Å². The Bertz CT molecular complexity index is 1560. The maximum Gasteiger partial charge on any atom is 0.347 e. The first-order valence-corrected chi connectivity index (χ1v) is 15.0. The highest BCUT2D eigenvalue weighted by Gasteiger charge is 2.22. The average Bonchev–Trinajstić information content (AvgIpc) is 3.43. The number of carbonyl (C=O) groups is 1. The molecule has 5 aromatic rings. The molecular weight excluding hydrogens is 534 g/mol. The first-order chi connectivity index (χ1) is 21.1. The van der Waals surface area contributed by atoms with Crippen LogP contribution in [0.5, 0.6) is 11.5 Å². The van der Waals surface area contributed by atoms with Gasteiger partial charge in [-0.15, -0.1) is 0 Å². The number of benzene rings is 4. The molecule has 0 saturated carbocycles. The third kappa shape index (κ3) is 8.16. The Morgan fingerprint density at radius 2 is 1.37 bits per heavy atom. The molecule has 1 aromatic heterocycles. The number of aromatic nitrogens is 1. The average molecular weight is 574 g/mol. The summed E-state index contributed by atoms with van der Waals surface area (Å²) >= 11 is 0. The third-order valence-corrected chi connectivity index (χ3v) is 7.38. The van der Waals surface area contributed by atoms with E-state index in [1.165, 1.54) is 5.56 Å². The summed E-state index contributed by atoms with van der Waals surface area (Å²) in [4.78, 5) is 12.7. The second-order valence-corrected chi connectivity index (χ2v) is 10.6. The van der Waals surface area contributed by atoms with Crippen molar-refractivity contribution in [2.45, 2.75) is 45.6 Å². The van der Waals surface area contributed by atoms with Gasteiger partial charge in [-0.1, -0.05) is 60.7 Å². The molecule has 1 heterocycles. The van der Waals surface area contributed by atoms with E-state index in [2.05, 4.69) is 66.1 Å². The number of nitrogens with zero attached hydrogens (tertiary/aromatic N) is 1. The molecule has 0 bridgehead atoms. The normalized spacial score (nSPS) is 11.6. The molecule has 0 aliphatic rings. The lowest BCUT2D eigenvalue weighted by molar-refractivity contribution is -0.151. The number of esters is 1. The van der Waals surface area contributed by atoms with Crippen LogP contribution in [0.2, 0.25) is 0 Å². The van der Waals surface area contributed by atoms with Gasteiger partial charge in [0, 0.05) is 17.8 Å². The molecule has 0 unspecified atom stereocenters. The highest BCUT2D eigenvalue weighted by atomic mass is 16.6. The number of aryl methyl sites for hydroxylation is 2. The van der Waals surface area contributed by atoms with Crippen molar-refractivity contribution < 1.29 is 19.0 Å². The molecule has 43 heavy (non-hydrogen) atoms. The van der Waals surface area contributed by atoms with E-state index >= 15 is 0 Å². The Labute approximate surface area is 254 Å². The maximum atomic E-state index is 12.7. The zero-order valence-corrected chi connectivity index (χ0v) is 24.9. The maximum absolute atomic E-state index is 12.7. The van der Waals surface area contributed by atoms with Gasteiger partial charge in [-0.2, -0.15) is 0 Å². The molecule has 0 N–H and O–H groups in total. The fraction of sp³-hybridized carbons (Fsp3) is 0.237. The summed E-state index contributed by atoms with van der Waals surface area (Å²) in [6, 6.07) is 40.8. The van der Waals surface area contributed by atoms with E-state index in [1.54, 1.807) is 6.92 Å². The van der Waals surface area contributed by atoms with Gasteiger partial charge >= 0.3 is 5.97 Å². The van der Waals surface area contributed by atoms with Gasteiger partial charge in [0.1, 0.15) is 11.5 Å². The largest absolute Gasteiger partial charge is 0.494 e. The molecule has 1 atom stereocenters. The molecule has 5 nitrogen and oxygen atoms in total. The molecular formula is C38H39NO4. The lowest BCUT2D eigenvalue weighted by atomic mass is 10.1. The van der Waals surface area contributed by atoms with Crippen LogP contribution in [0.1, 0.15) is 36.6 Å². The van der Waals surface area contributed by atoms with Gasteiger partial charge in [0.05, 0.1) is 18.9 Å². The molecule has 0 fully saturated rings. The Hall–Kier alpha value is -4.77. The molecule has 4 aromatic carbocycles. The molecule has 0 saturated heterocycles. The predicted octanol–water partition coefficient (Wildman–Crippen LogP) is 8.41. The predicted molar refractivity (Wildman–Crippen MR) is 172 cm³/mol. The topological polar surface area (TPSA) is 49.7 Å². The van der Waals surface area contributed by atoms with E-state index in [0.717, 1.165) is 53.2 Å². The molecule has 0 radical (unpaired) electrons. The first-order valence-electron chi connectivity index (χ1n) is 15.0. The van der Waals surface area contributed by atoms with Gasteiger partial charge in [-0.25, -0.2) is 4.79 Å². The van der Waals surface area contributed by atoms with Crippen molar-refractivity contribution in [1.82, 2.24) is 4.57 Å². The van der Waals surface area contributed by atoms with Crippen molar-refractivity contribution in [2.24, 2.45) is 0 Å². The van der Waals surface area contributed by atoms with Crippen LogP contribution < -0.4 is 9.47 Å². The van der Waals surface area contributed by atoms with E-state index in [-0.39, 0.29) is 5.97 Å². The molecule has 5 heteroatoms. The second kappa shape index (κ2) is 14.9. The van der Waals surface area contributed by atoms with Crippen molar-refractivity contribution in [3.05, 3.63) is 138 Å². The van der Waals surface area contributed by atoms with Crippen LogP contribution in [0.15, 0.2) is 121 Å². The van der Waals surface area contributed by atoms with Gasteiger partial charge in [0.15, 0.2) is 6.10 Å². The summed E-state index contributed by atoms with van der Waals surface area (Å²) in [6.07, 6.45) is 2.92. The third-order valence-electron chi connectivity index (χ3n) is 7.38. The SMILES string of the molecule is CCOC(=O)[C@@H](Cc1ccccc1)Oc1ccc(-c2ccc(C)n2-c2ccc(OCCCCc3ccccc3)cc2)cc1. The van der Waals surface area contributed by atoms with E-state index in [0.29, 0.717) is 25.4 Å². The minimum absolute atomic E-state index is 0.310. The Morgan fingerprint density at radius 1 is 0.721 bits per heavy atom. The quantitative estimate of drug-likeness (QED) is 0.0989. The molecule has 0 aliphatic heterocycles. The zero-order valence-electron chi connectivity index (χ0n) is 24.9. The van der Waals surface area contributed by atoms with Crippen LogP contribution in [0.3, 0.4) is 0 Å². The first kappa shape index (κ1) is 29.7. The van der Waals surface area contributed by atoms with Gasteiger partial charge in [0.25, 0.3) is 0 Å². The number of unbranched alkanes of at least 4 members (excludes halogenated alkanes) is 1. The highest BCUT2D eigenvalue weighted by molar-refractivity contribution is 5.75. The fourth-order valence-electron chi connectivity index (χ4n) is 5.17. The van der Waals surface area contributed by atoms with Crippen LogP contribution in [0.4, 0.5) is 0 Å². The van der Waals surface area contributed by atoms with E-state index in [1.807, 2.05) is 66.7 Å². The Balaban J connectivity index is 1.22. The minimum Gasteiger partial charge on any atom is -0.494 e. The van der Waals surface area contributed by atoms with Crippen molar-refractivity contribution in [2.75, 3.05) is 13.2 Å².